The van der Waals surface area contributed by atoms with E-state index in [1.54, 1.807) is 13.8 Å². The van der Waals surface area contributed by atoms with E-state index in [-0.39, 0.29) is 5.97 Å². The number of carbonyl (C=O) groups is 1. The van der Waals surface area contributed by atoms with E-state index in [4.69, 9.17) is 19.2 Å². The third-order valence-corrected chi connectivity index (χ3v) is 6.75. The Labute approximate surface area is 244 Å². The molecule has 1 aliphatic rings. The molecule has 6 nitrogen and oxygen atoms in total. The van der Waals surface area contributed by atoms with Crippen LogP contribution in [0.1, 0.15) is 97.2 Å². The molecule has 1 N–H and O–H groups in total. The molecule has 1 aliphatic carbocycles. The Morgan fingerprint density at radius 1 is 1.07 bits per heavy atom. The minimum Gasteiger partial charge on any atom is -0.494 e. The van der Waals surface area contributed by atoms with Crippen molar-refractivity contribution in [3.63, 3.8) is 0 Å². The molecule has 2 aromatic carbocycles. The highest BCUT2D eigenvalue weighted by Crippen LogP contribution is 2.45. The first-order valence-electron chi connectivity index (χ1n) is 14.9. The fourth-order valence-electron chi connectivity index (χ4n) is 4.94. The van der Waals surface area contributed by atoms with Crippen molar-refractivity contribution in [2.75, 3.05) is 6.61 Å². The van der Waals surface area contributed by atoms with Crippen LogP contribution in [0, 0.1) is 0 Å². The van der Waals surface area contributed by atoms with Crippen molar-refractivity contribution in [2.24, 2.45) is 0 Å². The number of hydrogen-bond donors (Lipinski definition) is 1. The molecule has 0 amide bonds. The van der Waals surface area contributed by atoms with Gasteiger partial charge in [0.15, 0.2) is 5.79 Å². The molecular weight excluding hydrogens is 514 g/mol. The molecule has 0 saturated heterocycles. The molecule has 41 heavy (non-hydrogen) atoms. The number of hydrogen-bond acceptors (Lipinski definition) is 6. The lowest BCUT2D eigenvalue weighted by molar-refractivity contribution is -0.195. The van der Waals surface area contributed by atoms with Gasteiger partial charge in [-0.2, -0.15) is 0 Å². The average Bonchev–Trinajstić information content (AvgIpc) is 3.74. The second kappa shape index (κ2) is 13.2. The van der Waals surface area contributed by atoms with Gasteiger partial charge in [0.2, 0.25) is 0 Å². The van der Waals surface area contributed by atoms with Gasteiger partial charge >= 0.3 is 5.97 Å². The number of pyridine rings is 1. The molecule has 0 radical (unpaired) electrons. The Morgan fingerprint density at radius 2 is 1.78 bits per heavy atom. The predicted molar refractivity (Wildman–Crippen MR) is 165 cm³/mol. The topological polar surface area (TPSA) is 77.9 Å². The van der Waals surface area contributed by atoms with Crippen LogP contribution in [-0.2, 0) is 14.3 Å². The van der Waals surface area contributed by atoms with Gasteiger partial charge in [-0.3, -0.25) is 9.78 Å². The van der Waals surface area contributed by atoms with E-state index in [1.165, 1.54) is 0 Å². The molecule has 4 rings (SSSR count). The zero-order chi connectivity index (χ0) is 29.6. The van der Waals surface area contributed by atoms with Crippen LogP contribution in [0.25, 0.3) is 28.1 Å². The lowest BCUT2D eigenvalue weighted by Gasteiger charge is -2.25. The Hall–Kier alpha value is -3.22. The molecule has 1 heterocycles. The highest BCUT2D eigenvalue weighted by atomic mass is 16.6. The van der Waals surface area contributed by atoms with Gasteiger partial charge in [0.1, 0.15) is 11.4 Å². The molecule has 1 atom stereocenters. The van der Waals surface area contributed by atoms with Crippen LogP contribution >= 0.6 is 0 Å². The second-order valence-electron chi connectivity index (χ2n) is 12.4. The molecular formula is C35H45NO5. The zero-order valence-corrected chi connectivity index (χ0v) is 25.4. The lowest BCUT2D eigenvalue weighted by atomic mass is 9.92. The summed E-state index contributed by atoms with van der Waals surface area (Å²) in [5.41, 5.74) is 4.86. The van der Waals surface area contributed by atoms with E-state index < -0.39 is 17.5 Å². The van der Waals surface area contributed by atoms with Gasteiger partial charge in [0, 0.05) is 28.9 Å². The standard InChI is InChI=1S/C35H45NO5/c1-7-23-39-26-19-17-24(18-20-26)32-28-12-8-9-13-30(28)36-33(25-15-16-25)29(32)22-21-27(40-35(5,6)38)11-10-14-31(37)41-34(2,3)4/h8-9,12-13,17-22,25,27,38H,7,10-11,14-16,23H2,1-6H3/b22-21+. The van der Waals surface area contributed by atoms with Crippen LogP contribution in [0.2, 0.25) is 0 Å². The van der Waals surface area contributed by atoms with E-state index in [9.17, 15) is 9.90 Å². The van der Waals surface area contributed by atoms with Crippen LogP contribution in [0.15, 0.2) is 54.6 Å². The van der Waals surface area contributed by atoms with E-state index >= 15 is 0 Å². The molecule has 1 fully saturated rings. The maximum atomic E-state index is 12.3. The van der Waals surface area contributed by atoms with Gasteiger partial charge < -0.3 is 19.3 Å². The first-order chi connectivity index (χ1) is 19.4. The largest absolute Gasteiger partial charge is 0.494 e. The highest BCUT2D eigenvalue weighted by Gasteiger charge is 2.30. The maximum absolute atomic E-state index is 12.3. The molecule has 0 bridgehead atoms. The van der Waals surface area contributed by atoms with Crippen molar-refractivity contribution in [3.05, 3.63) is 65.9 Å². The maximum Gasteiger partial charge on any atom is 0.306 e. The summed E-state index contributed by atoms with van der Waals surface area (Å²) < 4.78 is 17.3. The van der Waals surface area contributed by atoms with Crippen LogP contribution < -0.4 is 4.74 Å². The normalized spacial score (nSPS) is 14.9. The Morgan fingerprint density at radius 3 is 2.41 bits per heavy atom. The fourth-order valence-corrected chi connectivity index (χ4v) is 4.94. The number of aromatic nitrogens is 1. The lowest BCUT2D eigenvalue weighted by Crippen LogP contribution is -2.29. The van der Waals surface area contributed by atoms with Gasteiger partial charge in [0.25, 0.3) is 0 Å². The number of esters is 1. The number of para-hydroxylation sites is 1. The zero-order valence-electron chi connectivity index (χ0n) is 25.4. The van der Waals surface area contributed by atoms with Crippen LogP contribution in [0.4, 0.5) is 0 Å². The van der Waals surface area contributed by atoms with E-state index in [0.29, 0.717) is 31.8 Å². The summed E-state index contributed by atoms with van der Waals surface area (Å²) in [7, 11) is 0. The minimum absolute atomic E-state index is 0.230. The van der Waals surface area contributed by atoms with Crippen molar-refractivity contribution in [1.29, 1.82) is 0 Å². The SMILES string of the molecule is CCCOc1ccc(-c2c(/C=C/C(CCCC(=O)OC(C)(C)C)OC(C)(C)O)c(C3CC3)nc3ccccc23)cc1. The summed E-state index contributed by atoms with van der Waals surface area (Å²) in [5.74, 6) is -0.270. The number of carbonyl (C=O) groups excluding carboxylic acids is 1. The third kappa shape index (κ3) is 9.14. The number of benzene rings is 2. The monoisotopic (exact) mass is 559 g/mol. The first-order valence-corrected chi connectivity index (χ1v) is 14.9. The van der Waals surface area contributed by atoms with Gasteiger partial charge in [-0.25, -0.2) is 0 Å². The number of ether oxygens (including phenoxy) is 3. The van der Waals surface area contributed by atoms with Crippen molar-refractivity contribution in [1.82, 2.24) is 4.98 Å². The van der Waals surface area contributed by atoms with Crippen molar-refractivity contribution >= 4 is 22.9 Å². The fraction of sp³-hybridized carbons (Fsp3) is 0.486. The number of rotatable bonds is 13. The predicted octanol–water partition coefficient (Wildman–Crippen LogP) is 8.21. The van der Waals surface area contributed by atoms with E-state index in [1.807, 2.05) is 51.1 Å². The van der Waals surface area contributed by atoms with Gasteiger partial charge in [-0.05, 0) is 90.5 Å². The summed E-state index contributed by atoms with van der Waals surface area (Å²) in [6.45, 7) is 11.6. The van der Waals surface area contributed by atoms with Gasteiger partial charge in [-0.15, -0.1) is 0 Å². The molecule has 6 heteroatoms. The number of aliphatic hydroxyl groups is 1. The van der Waals surface area contributed by atoms with E-state index in [2.05, 4.69) is 37.3 Å². The highest BCUT2D eigenvalue weighted by molar-refractivity contribution is 5.99. The van der Waals surface area contributed by atoms with Gasteiger partial charge in [0.05, 0.1) is 23.9 Å². The quantitative estimate of drug-likeness (QED) is 0.168. The molecule has 1 unspecified atom stereocenters. The molecule has 0 aliphatic heterocycles. The molecule has 3 aromatic rings. The summed E-state index contributed by atoms with van der Waals surface area (Å²) in [6, 6.07) is 16.6. The Bertz CT molecular complexity index is 1340. The first kappa shape index (κ1) is 30.7. The van der Waals surface area contributed by atoms with Crippen LogP contribution in [-0.4, -0.2) is 40.2 Å². The Kier molecular flexibility index (Phi) is 9.88. The summed E-state index contributed by atoms with van der Waals surface area (Å²) >= 11 is 0. The van der Waals surface area contributed by atoms with Gasteiger partial charge in [-0.1, -0.05) is 49.4 Å². The molecule has 0 spiro atoms. The van der Waals surface area contributed by atoms with Crippen molar-refractivity contribution in [3.8, 4) is 16.9 Å². The minimum atomic E-state index is -1.32. The number of fused-ring (bicyclic) bond motifs is 1. The number of nitrogens with zero attached hydrogens (tertiary/aromatic N) is 1. The van der Waals surface area contributed by atoms with Crippen molar-refractivity contribution in [2.45, 2.75) is 103 Å². The Balaban J connectivity index is 1.70. The summed E-state index contributed by atoms with van der Waals surface area (Å²) in [5, 5.41) is 11.6. The smallest absolute Gasteiger partial charge is 0.306 e. The van der Waals surface area contributed by atoms with Crippen molar-refractivity contribution < 1.29 is 24.1 Å². The molecule has 220 valence electrons. The van der Waals surface area contributed by atoms with Crippen LogP contribution in [0.3, 0.4) is 0 Å². The summed E-state index contributed by atoms with van der Waals surface area (Å²) in [6.07, 6.45) is 8.36. The second-order valence-corrected chi connectivity index (χ2v) is 12.4. The molecule has 1 aromatic heterocycles. The summed E-state index contributed by atoms with van der Waals surface area (Å²) in [4.78, 5) is 17.4. The molecule has 1 saturated carbocycles. The van der Waals surface area contributed by atoms with E-state index in [0.717, 1.165) is 58.3 Å². The van der Waals surface area contributed by atoms with Crippen LogP contribution in [0.5, 0.6) is 5.75 Å². The third-order valence-electron chi connectivity index (χ3n) is 6.75. The average molecular weight is 560 g/mol.